The van der Waals surface area contributed by atoms with Crippen molar-refractivity contribution in [3.05, 3.63) is 29.8 Å². The molecule has 0 aliphatic heterocycles. The van der Waals surface area contributed by atoms with Gasteiger partial charge in [0.05, 0.1) is 22.7 Å². The highest BCUT2D eigenvalue weighted by atomic mass is 35.5. The van der Waals surface area contributed by atoms with Crippen molar-refractivity contribution in [3.63, 3.8) is 0 Å². The summed E-state index contributed by atoms with van der Waals surface area (Å²) >= 11 is 5.31. The zero-order valence-corrected chi connectivity index (χ0v) is 13.6. The van der Waals surface area contributed by atoms with Gasteiger partial charge in [0.1, 0.15) is 0 Å². The summed E-state index contributed by atoms with van der Waals surface area (Å²) in [6.07, 6.45) is -0.171. The Labute approximate surface area is 134 Å². The first kappa shape index (κ1) is 18.4. The molecular weight excluding hydrogens is 328 g/mol. The highest BCUT2D eigenvalue weighted by Gasteiger charge is 2.30. The third-order valence-corrected chi connectivity index (χ3v) is 5.50. The minimum Gasteiger partial charge on any atom is -0.370 e. The summed E-state index contributed by atoms with van der Waals surface area (Å²) in [6, 6.07) is 5.22. The largest absolute Gasteiger partial charge is 0.370 e. The molecule has 0 saturated carbocycles. The first-order chi connectivity index (χ1) is 10.1. The zero-order chi connectivity index (χ0) is 16.9. The van der Waals surface area contributed by atoms with Crippen LogP contribution in [0.3, 0.4) is 0 Å². The molecule has 0 spiro atoms. The quantitative estimate of drug-likeness (QED) is 0.357. The van der Waals surface area contributed by atoms with Gasteiger partial charge in [0.2, 0.25) is 5.24 Å². The van der Waals surface area contributed by atoms with Gasteiger partial charge in [-0.3, -0.25) is 9.79 Å². The lowest BCUT2D eigenvalue weighted by molar-refractivity contribution is -0.112. The minimum absolute atomic E-state index is 0.114. The fraction of sp³-hybridized carbons (Fsp3) is 0.385. The molecule has 1 aromatic rings. The fourth-order valence-electron chi connectivity index (χ4n) is 1.80. The third kappa shape index (κ3) is 4.97. The topological polar surface area (TPSA) is 142 Å². The molecule has 0 fully saturated rings. The van der Waals surface area contributed by atoms with Crippen molar-refractivity contribution >= 4 is 32.6 Å². The Bertz CT molecular complexity index is 654. The molecule has 6 N–H and O–H groups in total. The van der Waals surface area contributed by atoms with E-state index in [0.717, 1.165) is 5.56 Å². The van der Waals surface area contributed by atoms with Crippen LogP contribution in [-0.2, 0) is 14.6 Å². The maximum Gasteiger partial charge on any atom is 0.238 e. The number of aliphatic imine (C=N–C) groups is 1. The smallest absolute Gasteiger partial charge is 0.238 e. The average Bonchev–Trinajstić information content (AvgIpc) is 2.43. The number of guanidine groups is 1. The standard InChI is InChI=1S/C13H19ClN4O3S/c1-8-2-4-9(5-3-8)22(20,21)10(7-18-13(16)17)6-11(15)12(14)19/h2-5,10-11H,6-7,15H2,1H3,(H4,16,17,18)/t10?,11-/m0/s1. The number of aryl methyl sites for hydroxylation is 1. The third-order valence-electron chi connectivity index (χ3n) is 3.07. The van der Waals surface area contributed by atoms with E-state index in [-0.39, 0.29) is 23.8 Å². The Balaban J connectivity index is 3.14. The van der Waals surface area contributed by atoms with Crippen LogP contribution in [0.1, 0.15) is 12.0 Å². The molecule has 0 amide bonds. The second-order valence-corrected chi connectivity index (χ2v) is 7.49. The predicted molar refractivity (Wildman–Crippen MR) is 86.3 cm³/mol. The lowest BCUT2D eigenvalue weighted by atomic mass is 10.2. The van der Waals surface area contributed by atoms with Crippen molar-refractivity contribution in [1.29, 1.82) is 0 Å². The van der Waals surface area contributed by atoms with Crippen LogP contribution < -0.4 is 17.2 Å². The van der Waals surface area contributed by atoms with Gasteiger partial charge >= 0.3 is 0 Å². The number of hydrogen-bond acceptors (Lipinski definition) is 5. The number of rotatable bonds is 7. The van der Waals surface area contributed by atoms with Gasteiger partial charge < -0.3 is 17.2 Å². The second-order valence-electron chi connectivity index (χ2n) is 4.89. The van der Waals surface area contributed by atoms with Crippen molar-refractivity contribution in [2.75, 3.05) is 6.54 Å². The van der Waals surface area contributed by atoms with Gasteiger partial charge in [-0.2, -0.15) is 0 Å². The molecule has 0 radical (unpaired) electrons. The van der Waals surface area contributed by atoms with Crippen LogP contribution in [0.5, 0.6) is 0 Å². The van der Waals surface area contributed by atoms with Crippen molar-refractivity contribution in [3.8, 4) is 0 Å². The van der Waals surface area contributed by atoms with Crippen LogP contribution in [-0.4, -0.2) is 37.5 Å². The number of nitrogens with zero attached hydrogens (tertiary/aromatic N) is 1. The molecule has 0 aromatic heterocycles. The summed E-state index contributed by atoms with van der Waals surface area (Å²) < 4.78 is 25.3. The average molecular weight is 347 g/mol. The lowest BCUT2D eigenvalue weighted by Crippen LogP contribution is -2.37. The number of halogens is 1. The molecule has 1 aromatic carbocycles. The first-order valence-electron chi connectivity index (χ1n) is 6.45. The number of carbonyl (C=O) groups excluding carboxylic acids is 1. The molecule has 9 heteroatoms. The molecule has 122 valence electrons. The summed E-state index contributed by atoms with van der Waals surface area (Å²) in [5.41, 5.74) is 17.0. The molecule has 0 aliphatic carbocycles. The molecule has 0 heterocycles. The van der Waals surface area contributed by atoms with Gasteiger partial charge in [-0.25, -0.2) is 8.42 Å². The monoisotopic (exact) mass is 346 g/mol. The normalized spacial score (nSPS) is 14.1. The van der Waals surface area contributed by atoms with Gasteiger partial charge in [0.25, 0.3) is 0 Å². The van der Waals surface area contributed by atoms with Crippen molar-refractivity contribution in [1.82, 2.24) is 0 Å². The van der Waals surface area contributed by atoms with Gasteiger partial charge in [-0.1, -0.05) is 17.7 Å². The first-order valence-corrected chi connectivity index (χ1v) is 8.38. The molecule has 2 atom stereocenters. The number of nitrogens with two attached hydrogens (primary N) is 3. The van der Waals surface area contributed by atoms with Gasteiger partial charge in [-0.05, 0) is 37.1 Å². The molecule has 0 aliphatic rings. The SMILES string of the molecule is Cc1ccc(S(=O)(=O)C(CN=C(N)N)C[C@H](N)C(=O)Cl)cc1. The molecule has 1 unspecified atom stereocenters. The molecule has 0 bridgehead atoms. The minimum atomic E-state index is -3.75. The molecule has 1 rings (SSSR count). The van der Waals surface area contributed by atoms with Crippen molar-refractivity contribution < 1.29 is 13.2 Å². The van der Waals surface area contributed by atoms with E-state index >= 15 is 0 Å². The maximum atomic E-state index is 12.7. The van der Waals surface area contributed by atoms with E-state index in [9.17, 15) is 13.2 Å². The zero-order valence-electron chi connectivity index (χ0n) is 12.1. The Morgan fingerprint density at radius 1 is 1.27 bits per heavy atom. The maximum absolute atomic E-state index is 12.7. The van der Waals surface area contributed by atoms with Crippen LogP contribution in [0.25, 0.3) is 0 Å². The van der Waals surface area contributed by atoms with E-state index in [2.05, 4.69) is 4.99 Å². The van der Waals surface area contributed by atoms with Gasteiger partial charge in [0.15, 0.2) is 15.8 Å². The van der Waals surface area contributed by atoms with E-state index in [4.69, 9.17) is 28.8 Å². The second kappa shape index (κ2) is 7.57. The summed E-state index contributed by atoms with van der Waals surface area (Å²) in [5.74, 6) is -0.241. The Hall–Kier alpha value is -1.64. The van der Waals surface area contributed by atoms with E-state index in [1.807, 2.05) is 6.92 Å². The van der Waals surface area contributed by atoms with E-state index in [1.54, 1.807) is 12.1 Å². The summed E-state index contributed by atoms with van der Waals surface area (Å²) in [6.45, 7) is 1.64. The van der Waals surface area contributed by atoms with E-state index in [1.165, 1.54) is 12.1 Å². The molecule has 7 nitrogen and oxygen atoms in total. The van der Waals surface area contributed by atoms with Crippen LogP contribution in [0, 0.1) is 6.92 Å². The summed E-state index contributed by atoms with van der Waals surface area (Å²) in [7, 11) is -3.75. The molecular formula is C13H19ClN4O3S. The fourth-order valence-corrected chi connectivity index (χ4v) is 3.52. The highest BCUT2D eigenvalue weighted by molar-refractivity contribution is 7.92. The highest BCUT2D eigenvalue weighted by Crippen LogP contribution is 2.21. The van der Waals surface area contributed by atoms with Crippen LogP contribution in [0.4, 0.5) is 0 Å². The van der Waals surface area contributed by atoms with Crippen molar-refractivity contribution in [2.24, 2.45) is 22.2 Å². The Kier molecular flexibility index (Phi) is 6.34. The van der Waals surface area contributed by atoms with Crippen LogP contribution in [0.15, 0.2) is 34.2 Å². The van der Waals surface area contributed by atoms with Crippen LogP contribution in [0.2, 0.25) is 0 Å². The summed E-state index contributed by atoms with van der Waals surface area (Å²) in [5, 5.41) is -1.86. The predicted octanol–water partition coefficient (Wildman–Crippen LogP) is -0.106. The number of hydrogen-bond donors (Lipinski definition) is 3. The van der Waals surface area contributed by atoms with E-state index in [0.29, 0.717) is 0 Å². The van der Waals surface area contributed by atoms with Crippen LogP contribution >= 0.6 is 11.6 Å². The van der Waals surface area contributed by atoms with Gasteiger partial charge in [0, 0.05) is 0 Å². The Morgan fingerprint density at radius 3 is 2.27 bits per heavy atom. The van der Waals surface area contributed by atoms with Crippen molar-refractivity contribution in [2.45, 2.75) is 29.5 Å². The Morgan fingerprint density at radius 2 is 1.82 bits per heavy atom. The lowest BCUT2D eigenvalue weighted by Gasteiger charge is -2.18. The molecule has 22 heavy (non-hydrogen) atoms. The van der Waals surface area contributed by atoms with Gasteiger partial charge in [-0.15, -0.1) is 0 Å². The number of carbonyl (C=O) groups is 1. The van der Waals surface area contributed by atoms with E-state index < -0.39 is 26.4 Å². The number of benzene rings is 1. The number of sulfone groups is 1. The molecule has 0 saturated heterocycles. The summed E-state index contributed by atoms with van der Waals surface area (Å²) in [4.78, 5) is 14.9.